The lowest BCUT2D eigenvalue weighted by Crippen LogP contribution is -2.24. The number of rotatable bonds is 4. The van der Waals surface area contributed by atoms with Crippen molar-refractivity contribution < 1.29 is 5.21 Å². The number of nitrogens with one attached hydrogen (secondary N) is 1. The van der Waals surface area contributed by atoms with E-state index in [1.807, 2.05) is 25.1 Å². The van der Waals surface area contributed by atoms with Gasteiger partial charge in [-0.3, -0.25) is 0 Å². The van der Waals surface area contributed by atoms with Gasteiger partial charge in [-0.25, -0.2) is 0 Å². The molecule has 5 heteroatoms. The van der Waals surface area contributed by atoms with Gasteiger partial charge in [0.25, 0.3) is 0 Å². The van der Waals surface area contributed by atoms with Crippen molar-refractivity contribution >= 4 is 23.1 Å². The zero-order chi connectivity index (χ0) is 11.3. The summed E-state index contributed by atoms with van der Waals surface area (Å²) in [4.78, 5) is 0. The molecule has 1 unspecified atom stereocenters. The van der Waals surface area contributed by atoms with E-state index >= 15 is 0 Å². The van der Waals surface area contributed by atoms with Gasteiger partial charge in [0.1, 0.15) is 5.84 Å². The van der Waals surface area contributed by atoms with Crippen LogP contribution in [-0.4, -0.2) is 17.1 Å². The highest BCUT2D eigenvalue weighted by Crippen LogP contribution is 2.21. The smallest absolute Gasteiger partial charge is 0.141 e. The number of anilines is 1. The number of hydrogen-bond donors (Lipinski definition) is 3. The van der Waals surface area contributed by atoms with Crippen molar-refractivity contribution in [3.63, 3.8) is 0 Å². The monoisotopic (exact) mass is 227 g/mol. The highest BCUT2D eigenvalue weighted by atomic mass is 35.5. The van der Waals surface area contributed by atoms with Crippen LogP contribution in [0, 0.1) is 0 Å². The first-order chi connectivity index (χ1) is 7.13. The predicted molar refractivity (Wildman–Crippen MR) is 62.6 cm³/mol. The number of amidine groups is 1. The van der Waals surface area contributed by atoms with E-state index in [9.17, 15) is 0 Å². The fourth-order valence-electron chi connectivity index (χ4n) is 1.25. The quantitative estimate of drug-likeness (QED) is 0.320. The van der Waals surface area contributed by atoms with Crippen LogP contribution in [0.4, 0.5) is 5.69 Å². The minimum absolute atomic E-state index is 0.0563. The van der Waals surface area contributed by atoms with E-state index in [1.54, 1.807) is 6.07 Å². The summed E-state index contributed by atoms with van der Waals surface area (Å²) < 4.78 is 0. The molecule has 4 N–H and O–H groups in total. The van der Waals surface area contributed by atoms with Gasteiger partial charge in [-0.1, -0.05) is 28.9 Å². The third-order valence-corrected chi connectivity index (χ3v) is 2.25. The summed E-state index contributed by atoms with van der Waals surface area (Å²) in [6, 6.07) is 7.50. The van der Waals surface area contributed by atoms with E-state index in [0.717, 1.165) is 5.69 Å². The van der Waals surface area contributed by atoms with Gasteiger partial charge < -0.3 is 16.3 Å². The second-order valence-electron chi connectivity index (χ2n) is 3.32. The van der Waals surface area contributed by atoms with Gasteiger partial charge in [-0.15, -0.1) is 0 Å². The number of para-hydroxylation sites is 1. The third-order valence-electron chi connectivity index (χ3n) is 1.92. The fourth-order valence-corrected chi connectivity index (χ4v) is 1.44. The van der Waals surface area contributed by atoms with Crippen molar-refractivity contribution in [1.82, 2.24) is 0 Å². The molecule has 0 fully saturated rings. The maximum Gasteiger partial charge on any atom is 0.141 e. The number of nitrogens with zero attached hydrogens (tertiary/aromatic N) is 1. The predicted octanol–water partition coefficient (Wildman–Crippen LogP) is 2.28. The first kappa shape index (κ1) is 11.7. The summed E-state index contributed by atoms with van der Waals surface area (Å²) in [5, 5.41) is 15.2. The molecule has 0 heterocycles. The summed E-state index contributed by atoms with van der Waals surface area (Å²) in [6.45, 7) is 1.93. The molecule has 0 spiro atoms. The fraction of sp³-hybridized carbons (Fsp3) is 0.300. The van der Waals surface area contributed by atoms with Gasteiger partial charge in [0.15, 0.2) is 0 Å². The molecule has 0 aliphatic heterocycles. The molecule has 1 aromatic carbocycles. The third kappa shape index (κ3) is 3.67. The molecule has 15 heavy (non-hydrogen) atoms. The van der Waals surface area contributed by atoms with E-state index in [-0.39, 0.29) is 11.9 Å². The van der Waals surface area contributed by atoms with Crippen LogP contribution in [0.1, 0.15) is 13.3 Å². The Morgan fingerprint density at radius 3 is 2.87 bits per heavy atom. The van der Waals surface area contributed by atoms with Crippen molar-refractivity contribution in [2.75, 3.05) is 5.32 Å². The van der Waals surface area contributed by atoms with Crippen LogP contribution < -0.4 is 11.1 Å². The van der Waals surface area contributed by atoms with Crippen LogP contribution in [0.5, 0.6) is 0 Å². The van der Waals surface area contributed by atoms with Crippen LogP contribution in [0.25, 0.3) is 0 Å². The molecular weight excluding hydrogens is 214 g/mol. The second kappa shape index (κ2) is 5.46. The summed E-state index contributed by atoms with van der Waals surface area (Å²) in [5.74, 6) is 0.196. The van der Waals surface area contributed by atoms with Gasteiger partial charge >= 0.3 is 0 Å². The average Bonchev–Trinajstić information content (AvgIpc) is 2.21. The van der Waals surface area contributed by atoms with Crippen LogP contribution >= 0.6 is 11.6 Å². The van der Waals surface area contributed by atoms with Crippen molar-refractivity contribution in [3.8, 4) is 0 Å². The Morgan fingerprint density at radius 2 is 2.27 bits per heavy atom. The molecule has 0 radical (unpaired) electrons. The molecule has 4 nitrogen and oxygen atoms in total. The zero-order valence-corrected chi connectivity index (χ0v) is 9.20. The van der Waals surface area contributed by atoms with E-state index in [1.165, 1.54) is 0 Å². The Balaban J connectivity index is 2.59. The summed E-state index contributed by atoms with van der Waals surface area (Å²) in [5.41, 5.74) is 6.24. The Hall–Kier alpha value is -1.42. The van der Waals surface area contributed by atoms with E-state index in [4.69, 9.17) is 22.5 Å². The lowest BCUT2D eigenvalue weighted by molar-refractivity contribution is 0.316. The summed E-state index contributed by atoms with van der Waals surface area (Å²) in [6.07, 6.45) is 0.460. The lowest BCUT2D eigenvalue weighted by Gasteiger charge is -2.15. The van der Waals surface area contributed by atoms with Crippen LogP contribution in [0.3, 0.4) is 0 Å². The Kier molecular flexibility index (Phi) is 4.24. The summed E-state index contributed by atoms with van der Waals surface area (Å²) in [7, 11) is 0. The number of hydrogen-bond acceptors (Lipinski definition) is 3. The SMILES string of the molecule is CC(CC(N)=NO)Nc1ccccc1Cl. The zero-order valence-electron chi connectivity index (χ0n) is 8.44. The Morgan fingerprint density at radius 1 is 1.60 bits per heavy atom. The molecule has 0 aromatic heterocycles. The second-order valence-corrected chi connectivity index (χ2v) is 3.73. The van der Waals surface area contributed by atoms with E-state index in [0.29, 0.717) is 11.4 Å². The minimum Gasteiger partial charge on any atom is -0.409 e. The number of oxime groups is 1. The highest BCUT2D eigenvalue weighted by Gasteiger charge is 2.06. The van der Waals surface area contributed by atoms with Crippen molar-refractivity contribution in [1.29, 1.82) is 0 Å². The summed E-state index contributed by atoms with van der Waals surface area (Å²) >= 11 is 5.97. The van der Waals surface area contributed by atoms with Crippen LogP contribution in [-0.2, 0) is 0 Å². The van der Waals surface area contributed by atoms with E-state index < -0.39 is 0 Å². The van der Waals surface area contributed by atoms with Crippen molar-refractivity contribution in [3.05, 3.63) is 29.3 Å². The van der Waals surface area contributed by atoms with E-state index in [2.05, 4.69) is 10.5 Å². The average molecular weight is 228 g/mol. The molecule has 0 saturated carbocycles. The lowest BCUT2D eigenvalue weighted by atomic mass is 10.2. The van der Waals surface area contributed by atoms with Gasteiger partial charge in [0.05, 0.1) is 10.7 Å². The van der Waals surface area contributed by atoms with Crippen LogP contribution in [0.2, 0.25) is 5.02 Å². The molecule has 0 amide bonds. The first-order valence-electron chi connectivity index (χ1n) is 4.61. The molecule has 0 bridgehead atoms. The van der Waals surface area contributed by atoms with Crippen molar-refractivity contribution in [2.45, 2.75) is 19.4 Å². The Bertz CT molecular complexity index is 354. The molecule has 1 atom stereocenters. The van der Waals surface area contributed by atoms with Crippen LogP contribution in [0.15, 0.2) is 29.4 Å². The topological polar surface area (TPSA) is 70.6 Å². The molecule has 0 aliphatic carbocycles. The van der Waals surface area contributed by atoms with Gasteiger partial charge in [-0.2, -0.15) is 0 Å². The van der Waals surface area contributed by atoms with Gasteiger partial charge in [0.2, 0.25) is 0 Å². The molecule has 0 aliphatic rings. The highest BCUT2D eigenvalue weighted by molar-refractivity contribution is 6.33. The molecule has 0 saturated heterocycles. The maximum atomic E-state index is 8.41. The normalized spacial score (nSPS) is 13.6. The molecule has 1 rings (SSSR count). The molecular formula is C10H14ClN3O. The maximum absolute atomic E-state index is 8.41. The first-order valence-corrected chi connectivity index (χ1v) is 4.98. The Labute approximate surface area is 93.7 Å². The molecule has 82 valence electrons. The largest absolute Gasteiger partial charge is 0.409 e. The van der Waals surface area contributed by atoms with Gasteiger partial charge in [0, 0.05) is 12.5 Å². The number of nitrogens with two attached hydrogens (primary N) is 1. The minimum atomic E-state index is 0.0563. The standard InChI is InChI=1S/C10H14ClN3O/c1-7(6-10(12)14-15)13-9-5-3-2-4-8(9)11/h2-5,7,13,15H,6H2,1H3,(H2,12,14). The van der Waals surface area contributed by atoms with Gasteiger partial charge in [-0.05, 0) is 19.1 Å². The molecule has 1 aromatic rings. The number of halogens is 1. The van der Waals surface area contributed by atoms with Crippen molar-refractivity contribution in [2.24, 2.45) is 10.9 Å². The number of benzene rings is 1.